The van der Waals surface area contributed by atoms with Crippen molar-refractivity contribution in [2.75, 3.05) is 5.32 Å². The Labute approximate surface area is 162 Å². The summed E-state index contributed by atoms with van der Waals surface area (Å²) < 4.78 is 37.5. The van der Waals surface area contributed by atoms with Crippen molar-refractivity contribution >= 4 is 21.6 Å². The molecule has 5 nitrogen and oxygen atoms in total. The van der Waals surface area contributed by atoms with Crippen LogP contribution in [-0.2, 0) is 10.0 Å². The van der Waals surface area contributed by atoms with Gasteiger partial charge in [-0.15, -0.1) is 0 Å². The average molecular weight is 394 g/mol. The summed E-state index contributed by atoms with van der Waals surface area (Å²) >= 11 is 0. The van der Waals surface area contributed by atoms with Crippen molar-refractivity contribution in [1.29, 1.82) is 0 Å². The zero-order valence-corrected chi connectivity index (χ0v) is 15.3. The number of carbonyl (C=O) groups is 1. The van der Waals surface area contributed by atoms with Crippen LogP contribution in [0.5, 0.6) is 0 Å². The number of carbonyl (C=O) groups excluding carboxylic acids is 1. The zero-order chi connectivity index (χ0) is 20.1. The summed E-state index contributed by atoms with van der Waals surface area (Å²) in [7, 11) is -4.02. The van der Waals surface area contributed by atoms with Gasteiger partial charge in [-0.2, -0.15) is 0 Å². The lowest BCUT2D eigenvalue weighted by atomic mass is 10.1. The van der Waals surface area contributed by atoms with Crippen LogP contribution in [0.4, 0.5) is 10.1 Å². The molecule has 0 radical (unpaired) electrons. The summed E-state index contributed by atoms with van der Waals surface area (Å²) in [6.07, 6.45) is 0. The fourth-order valence-electron chi connectivity index (χ4n) is 2.43. The van der Waals surface area contributed by atoms with Gasteiger partial charge in [-0.1, -0.05) is 42.2 Å². The van der Waals surface area contributed by atoms with Crippen LogP contribution in [0.2, 0.25) is 0 Å². The first-order valence-electron chi connectivity index (χ1n) is 8.14. The number of hydrogen-bond acceptors (Lipinski definition) is 3. The number of nitrogens with two attached hydrogens (primary N) is 1. The zero-order valence-electron chi connectivity index (χ0n) is 14.5. The molecule has 0 atom stereocenters. The fourth-order valence-corrected chi connectivity index (χ4v) is 3.13. The second-order valence-electron chi connectivity index (χ2n) is 5.81. The van der Waals surface area contributed by atoms with Crippen LogP contribution in [0.15, 0.2) is 77.7 Å². The van der Waals surface area contributed by atoms with E-state index >= 15 is 0 Å². The summed E-state index contributed by atoms with van der Waals surface area (Å²) in [5.74, 6) is 4.24. The number of amides is 1. The highest BCUT2D eigenvalue weighted by Gasteiger charge is 2.16. The van der Waals surface area contributed by atoms with Crippen LogP contribution in [0.3, 0.4) is 0 Å². The SMILES string of the molecule is NS(=O)(=O)c1ccccc1NC(=O)c1ccc(C#Cc2ccccc2)c(F)c1. The van der Waals surface area contributed by atoms with Crippen LogP contribution in [0, 0.1) is 17.7 Å². The molecule has 0 aliphatic carbocycles. The van der Waals surface area contributed by atoms with E-state index in [-0.39, 0.29) is 21.7 Å². The van der Waals surface area contributed by atoms with Crippen molar-refractivity contribution in [3.05, 3.63) is 95.3 Å². The lowest BCUT2D eigenvalue weighted by Gasteiger charge is -2.09. The third-order valence-electron chi connectivity index (χ3n) is 3.79. The number of nitrogens with one attached hydrogen (secondary N) is 1. The van der Waals surface area contributed by atoms with Crippen LogP contribution in [0.25, 0.3) is 0 Å². The van der Waals surface area contributed by atoms with Gasteiger partial charge in [0.1, 0.15) is 10.7 Å². The highest BCUT2D eigenvalue weighted by molar-refractivity contribution is 7.89. The van der Waals surface area contributed by atoms with Crippen LogP contribution >= 0.6 is 0 Å². The first-order chi connectivity index (χ1) is 13.3. The number of primary sulfonamides is 1. The van der Waals surface area contributed by atoms with Crippen molar-refractivity contribution in [2.45, 2.75) is 4.90 Å². The van der Waals surface area contributed by atoms with Gasteiger partial charge in [-0.25, -0.2) is 17.9 Å². The third-order valence-corrected chi connectivity index (χ3v) is 4.76. The van der Waals surface area contributed by atoms with Gasteiger partial charge in [-0.3, -0.25) is 4.79 Å². The van der Waals surface area contributed by atoms with Gasteiger partial charge in [-0.05, 0) is 42.5 Å². The maximum Gasteiger partial charge on any atom is 0.255 e. The summed E-state index contributed by atoms with van der Waals surface area (Å²) in [5.41, 5.74) is 0.920. The lowest BCUT2D eigenvalue weighted by Crippen LogP contribution is -2.18. The topological polar surface area (TPSA) is 89.3 Å². The molecule has 0 aliphatic rings. The molecule has 1 amide bonds. The lowest BCUT2D eigenvalue weighted by molar-refractivity contribution is 0.102. The Hall–Kier alpha value is -3.47. The Kier molecular flexibility index (Phi) is 5.54. The second kappa shape index (κ2) is 8.05. The number of benzene rings is 3. The molecule has 140 valence electrons. The third kappa shape index (κ3) is 4.62. The number of para-hydroxylation sites is 1. The van der Waals surface area contributed by atoms with Crippen molar-refractivity contribution in [3.8, 4) is 11.8 Å². The quantitative estimate of drug-likeness (QED) is 0.669. The van der Waals surface area contributed by atoms with Crippen LogP contribution < -0.4 is 10.5 Å². The monoisotopic (exact) mass is 394 g/mol. The molecule has 0 unspecified atom stereocenters. The van der Waals surface area contributed by atoms with E-state index in [9.17, 15) is 17.6 Å². The van der Waals surface area contributed by atoms with Gasteiger partial charge in [0.15, 0.2) is 0 Å². The molecule has 0 saturated heterocycles. The van der Waals surface area contributed by atoms with Gasteiger partial charge in [0.05, 0.1) is 11.3 Å². The van der Waals surface area contributed by atoms with E-state index in [4.69, 9.17) is 5.14 Å². The van der Waals surface area contributed by atoms with E-state index in [2.05, 4.69) is 17.2 Å². The summed E-state index contributed by atoms with van der Waals surface area (Å²) in [4.78, 5) is 12.2. The van der Waals surface area contributed by atoms with E-state index in [0.29, 0.717) is 0 Å². The van der Waals surface area contributed by atoms with Gasteiger partial charge in [0.25, 0.3) is 5.91 Å². The molecule has 0 bridgehead atoms. The molecule has 0 aromatic heterocycles. The Morgan fingerprint density at radius 1 is 0.929 bits per heavy atom. The standard InChI is InChI=1S/C21H15FN2O3S/c22-18-14-17(13-12-16(18)11-10-15-6-2-1-3-7-15)21(25)24-19-8-4-5-9-20(19)28(23,26)27/h1-9,12-14H,(H,24,25)(H2,23,26,27). The van der Waals surface area contributed by atoms with Gasteiger partial charge in [0.2, 0.25) is 10.0 Å². The number of anilines is 1. The Morgan fingerprint density at radius 2 is 1.61 bits per heavy atom. The molecule has 3 N–H and O–H groups in total. The summed E-state index contributed by atoms with van der Waals surface area (Å²) in [5, 5.41) is 7.58. The largest absolute Gasteiger partial charge is 0.321 e. The molecule has 0 aliphatic heterocycles. The Bertz CT molecular complexity index is 1200. The van der Waals surface area contributed by atoms with Crippen molar-refractivity contribution in [2.24, 2.45) is 5.14 Å². The average Bonchev–Trinajstić information content (AvgIpc) is 2.67. The fraction of sp³-hybridized carbons (Fsp3) is 0. The van der Waals surface area contributed by atoms with Crippen molar-refractivity contribution in [3.63, 3.8) is 0 Å². The van der Waals surface area contributed by atoms with Crippen LogP contribution in [0.1, 0.15) is 21.5 Å². The van der Waals surface area contributed by atoms with E-state index in [1.807, 2.05) is 18.2 Å². The molecule has 0 heterocycles. The highest BCUT2D eigenvalue weighted by atomic mass is 32.2. The molecular weight excluding hydrogens is 379 g/mol. The summed E-state index contributed by atoms with van der Waals surface area (Å²) in [6.45, 7) is 0. The Balaban J connectivity index is 1.83. The first-order valence-corrected chi connectivity index (χ1v) is 9.69. The smallest absolute Gasteiger partial charge is 0.255 e. The number of sulfonamides is 1. The number of hydrogen-bond donors (Lipinski definition) is 2. The second-order valence-corrected chi connectivity index (χ2v) is 7.34. The molecule has 0 spiro atoms. The Morgan fingerprint density at radius 3 is 2.29 bits per heavy atom. The predicted octanol–water partition coefficient (Wildman–Crippen LogP) is 3.13. The van der Waals surface area contributed by atoms with Crippen LogP contribution in [-0.4, -0.2) is 14.3 Å². The molecule has 3 aromatic rings. The predicted molar refractivity (Wildman–Crippen MR) is 105 cm³/mol. The van der Waals surface area contributed by atoms with Gasteiger partial charge in [0, 0.05) is 11.1 Å². The van der Waals surface area contributed by atoms with E-state index in [1.165, 1.54) is 30.3 Å². The first kappa shape index (κ1) is 19.3. The minimum Gasteiger partial charge on any atom is -0.321 e. The molecule has 3 aromatic carbocycles. The molecule has 0 saturated carbocycles. The molecule has 3 rings (SSSR count). The molecule has 0 fully saturated rings. The summed E-state index contributed by atoms with van der Waals surface area (Å²) in [6, 6.07) is 18.7. The van der Waals surface area contributed by atoms with Crippen molar-refractivity contribution < 1.29 is 17.6 Å². The van der Waals surface area contributed by atoms with E-state index in [1.54, 1.807) is 18.2 Å². The maximum absolute atomic E-state index is 14.3. The molecular formula is C21H15FN2O3S. The minimum absolute atomic E-state index is 0.0170. The van der Waals surface area contributed by atoms with E-state index < -0.39 is 21.7 Å². The number of rotatable bonds is 3. The minimum atomic E-state index is -4.02. The number of halogens is 1. The van der Waals surface area contributed by atoms with Gasteiger partial charge >= 0.3 is 0 Å². The maximum atomic E-state index is 14.3. The normalized spacial score (nSPS) is 10.6. The highest BCUT2D eigenvalue weighted by Crippen LogP contribution is 2.20. The molecule has 28 heavy (non-hydrogen) atoms. The van der Waals surface area contributed by atoms with Crippen molar-refractivity contribution in [1.82, 2.24) is 0 Å². The van der Waals surface area contributed by atoms with Gasteiger partial charge < -0.3 is 5.32 Å². The van der Waals surface area contributed by atoms with E-state index in [0.717, 1.165) is 11.6 Å². The molecule has 7 heteroatoms.